The Bertz CT molecular complexity index is 654. The average molecular weight is 349 g/mol. The Balaban J connectivity index is 2.20. The third kappa shape index (κ3) is 4.49. The molecule has 1 heterocycles. The van der Waals surface area contributed by atoms with Crippen LogP contribution in [0.4, 0.5) is 5.13 Å². The first-order valence-electron chi connectivity index (χ1n) is 7.11. The summed E-state index contributed by atoms with van der Waals surface area (Å²) in [4.78, 5) is 17.7. The number of nitrogens with zero attached hydrogens (tertiary/aromatic N) is 2. The molecule has 1 N–H and O–H groups in total. The molecule has 5 nitrogen and oxygen atoms in total. The molecule has 7 heteroatoms. The molecule has 1 aromatic heterocycles. The van der Waals surface area contributed by atoms with E-state index in [2.05, 4.69) is 10.4 Å². The van der Waals surface area contributed by atoms with Crippen molar-refractivity contribution in [2.45, 2.75) is 26.3 Å². The van der Waals surface area contributed by atoms with E-state index in [-0.39, 0.29) is 5.97 Å². The number of carbonyl (C=O) groups excluding carboxylic acids is 1. The quantitative estimate of drug-likeness (QED) is 0.471. The molecule has 122 valence electrons. The predicted octanol–water partition coefficient (Wildman–Crippen LogP) is 3.13. The minimum atomic E-state index is -0.565. The van der Waals surface area contributed by atoms with Crippen molar-refractivity contribution in [1.29, 1.82) is 0 Å². The van der Waals surface area contributed by atoms with Gasteiger partial charge in [0.05, 0.1) is 18.3 Å². The van der Waals surface area contributed by atoms with E-state index in [9.17, 15) is 4.79 Å². The largest absolute Gasteiger partial charge is 0.467 e. The van der Waals surface area contributed by atoms with E-state index in [4.69, 9.17) is 17.0 Å². The summed E-state index contributed by atoms with van der Waals surface area (Å²) in [5, 5.41) is 2.27. The minimum Gasteiger partial charge on any atom is -0.467 e. The third-order valence-electron chi connectivity index (χ3n) is 3.45. The van der Waals surface area contributed by atoms with E-state index >= 15 is 0 Å². The number of rotatable bonds is 7. The molecule has 0 spiro atoms. The van der Waals surface area contributed by atoms with Crippen molar-refractivity contribution in [3.63, 3.8) is 0 Å². The Labute approximate surface area is 145 Å². The maximum atomic E-state index is 12.2. The normalized spacial score (nSPS) is 11.6. The number of thiazole rings is 1. The van der Waals surface area contributed by atoms with Crippen LogP contribution in [-0.4, -0.2) is 34.6 Å². The number of aryl methyl sites for hydroxylation is 2. The number of anilines is 1. The van der Waals surface area contributed by atoms with Crippen LogP contribution in [0.5, 0.6) is 0 Å². The molecule has 23 heavy (non-hydrogen) atoms. The Morgan fingerprint density at radius 2 is 2.13 bits per heavy atom. The highest BCUT2D eigenvalue weighted by Gasteiger charge is 2.26. The fourth-order valence-corrected chi connectivity index (χ4v) is 3.09. The predicted molar refractivity (Wildman–Crippen MR) is 96.7 cm³/mol. The summed E-state index contributed by atoms with van der Waals surface area (Å²) >= 11 is 6.60. The summed E-state index contributed by atoms with van der Waals surface area (Å²) in [5.41, 5.74) is 6.50. The molecule has 0 aliphatic carbocycles. The number of ether oxygens (including phenoxy) is 1. The van der Waals surface area contributed by atoms with Crippen molar-refractivity contribution in [3.05, 3.63) is 46.5 Å². The topological polar surface area (TPSA) is 54.5 Å². The molecular weight excluding hydrogens is 330 g/mol. The Hall–Kier alpha value is -1.99. The van der Waals surface area contributed by atoms with Gasteiger partial charge in [-0.3, -0.25) is 10.4 Å². The van der Waals surface area contributed by atoms with Crippen molar-refractivity contribution >= 4 is 40.1 Å². The zero-order valence-electron chi connectivity index (χ0n) is 13.3. The van der Waals surface area contributed by atoms with Crippen LogP contribution in [0.25, 0.3) is 0 Å². The molecule has 0 fully saturated rings. The second-order valence-electron chi connectivity index (χ2n) is 5.01. The molecule has 2 rings (SSSR count). The lowest BCUT2D eigenvalue weighted by Gasteiger charge is -2.27. The van der Waals surface area contributed by atoms with Crippen LogP contribution < -0.4 is 5.43 Å². The zero-order valence-corrected chi connectivity index (χ0v) is 14.9. The molecule has 2 aromatic rings. The second kappa shape index (κ2) is 8.03. The highest BCUT2D eigenvalue weighted by Crippen LogP contribution is 2.22. The Morgan fingerprint density at radius 3 is 2.65 bits per heavy atom. The first-order valence-corrected chi connectivity index (χ1v) is 8.40. The van der Waals surface area contributed by atoms with E-state index in [1.165, 1.54) is 23.9 Å². The number of carbonyl (C=O) groups is 1. The first-order chi connectivity index (χ1) is 11.0. The summed E-state index contributed by atoms with van der Waals surface area (Å²) in [7, 11) is 1.37. The lowest BCUT2D eigenvalue weighted by atomic mass is 10.1. The molecule has 0 aliphatic heterocycles. The summed E-state index contributed by atoms with van der Waals surface area (Å²) in [6.45, 7) is 3.95. The van der Waals surface area contributed by atoms with Gasteiger partial charge < -0.3 is 4.74 Å². The molecule has 1 unspecified atom stereocenters. The average Bonchev–Trinajstić information content (AvgIpc) is 2.88. The number of hydrogen-bond donors (Lipinski definition) is 1. The number of methoxy groups -OCH3 is 1. The summed E-state index contributed by atoms with van der Waals surface area (Å²) < 4.78 is 4.93. The van der Waals surface area contributed by atoms with Crippen molar-refractivity contribution in [2.75, 3.05) is 12.5 Å². The van der Waals surface area contributed by atoms with Gasteiger partial charge >= 0.3 is 5.97 Å². The smallest absolute Gasteiger partial charge is 0.330 e. The number of aromatic nitrogens is 1. The van der Waals surface area contributed by atoms with Crippen molar-refractivity contribution in [1.82, 2.24) is 9.99 Å². The maximum absolute atomic E-state index is 12.2. The summed E-state index contributed by atoms with van der Waals surface area (Å²) in [6.07, 6.45) is 0.483. The van der Waals surface area contributed by atoms with Gasteiger partial charge in [-0.15, -0.1) is 11.3 Å². The van der Waals surface area contributed by atoms with Gasteiger partial charge in [0.25, 0.3) is 0 Å². The van der Waals surface area contributed by atoms with Gasteiger partial charge in [-0.2, -0.15) is 0 Å². The summed E-state index contributed by atoms with van der Waals surface area (Å²) in [6, 6.07) is 9.18. The molecule has 0 amide bonds. The Kier molecular flexibility index (Phi) is 6.06. The molecule has 0 saturated heterocycles. The molecule has 0 saturated carbocycles. The van der Waals surface area contributed by atoms with Crippen LogP contribution in [0.3, 0.4) is 0 Å². The number of nitrogens with one attached hydrogen (secondary N) is 1. The van der Waals surface area contributed by atoms with E-state index in [1.54, 1.807) is 5.01 Å². The molecular formula is C16H19N3O2S2. The van der Waals surface area contributed by atoms with Crippen LogP contribution in [-0.2, 0) is 16.0 Å². The summed E-state index contributed by atoms with van der Waals surface area (Å²) in [5.74, 6) is -0.354. The fraction of sp³-hybridized carbons (Fsp3) is 0.312. The maximum Gasteiger partial charge on any atom is 0.330 e. The molecule has 0 radical (unpaired) electrons. The molecule has 1 atom stereocenters. The standard InChI is InChI=1S/C16H19N3O2S2/c1-11-12(2)23-16(17-11)18-19(10-22)14(15(20)21-3)9-13-7-5-4-6-8-13/h4-8,10,14H,9H2,1-3H3,(H,17,18). The number of hydrogen-bond acceptors (Lipinski definition) is 6. The van der Waals surface area contributed by atoms with Crippen molar-refractivity contribution in [3.8, 4) is 0 Å². The second-order valence-corrected chi connectivity index (χ2v) is 6.43. The van der Waals surface area contributed by atoms with E-state index in [1.807, 2.05) is 44.2 Å². The lowest BCUT2D eigenvalue weighted by Crippen LogP contribution is -2.45. The molecule has 0 bridgehead atoms. The van der Waals surface area contributed by atoms with E-state index in [0.29, 0.717) is 11.6 Å². The molecule has 0 aliphatic rings. The number of hydrazine groups is 1. The van der Waals surface area contributed by atoms with Gasteiger partial charge in [0.1, 0.15) is 0 Å². The first kappa shape index (κ1) is 17.4. The number of thiocarbonyl (C=S) groups is 1. The van der Waals surface area contributed by atoms with Gasteiger partial charge in [-0.1, -0.05) is 42.5 Å². The van der Waals surface area contributed by atoms with Gasteiger partial charge in [-0.25, -0.2) is 9.78 Å². The number of benzene rings is 1. The van der Waals surface area contributed by atoms with Gasteiger partial charge in [0.2, 0.25) is 5.13 Å². The Morgan fingerprint density at radius 1 is 1.43 bits per heavy atom. The van der Waals surface area contributed by atoms with Crippen LogP contribution in [0.2, 0.25) is 0 Å². The van der Waals surface area contributed by atoms with Crippen LogP contribution in [0.15, 0.2) is 30.3 Å². The minimum absolute atomic E-state index is 0.354. The highest BCUT2D eigenvalue weighted by molar-refractivity contribution is 7.78. The van der Waals surface area contributed by atoms with Crippen molar-refractivity contribution in [2.24, 2.45) is 0 Å². The number of esters is 1. The zero-order chi connectivity index (χ0) is 16.8. The van der Waals surface area contributed by atoms with E-state index in [0.717, 1.165) is 16.1 Å². The van der Waals surface area contributed by atoms with Crippen LogP contribution >= 0.6 is 23.6 Å². The lowest BCUT2D eigenvalue weighted by molar-refractivity contribution is -0.144. The van der Waals surface area contributed by atoms with Gasteiger partial charge in [-0.05, 0) is 19.4 Å². The SMILES string of the molecule is COC(=O)C(Cc1ccccc1)N(C=S)Nc1nc(C)c(C)s1. The van der Waals surface area contributed by atoms with E-state index < -0.39 is 6.04 Å². The highest BCUT2D eigenvalue weighted by atomic mass is 32.1. The monoisotopic (exact) mass is 349 g/mol. The molecule has 1 aromatic carbocycles. The van der Waals surface area contributed by atoms with Crippen LogP contribution in [0, 0.1) is 13.8 Å². The third-order valence-corrected chi connectivity index (χ3v) is 4.65. The van der Waals surface area contributed by atoms with Crippen LogP contribution in [0.1, 0.15) is 16.1 Å². The van der Waals surface area contributed by atoms with Gasteiger partial charge in [0.15, 0.2) is 6.04 Å². The fourth-order valence-electron chi connectivity index (χ4n) is 2.08. The van der Waals surface area contributed by atoms with Gasteiger partial charge in [0, 0.05) is 11.3 Å². The van der Waals surface area contributed by atoms with Crippen molar-refractivity contribution < 1.29 is 9.53 Å².